The van der Waals surface area contributed by atoms with Gasteiger partial charge in [-0.1, -0.05) is 47.7 Å². The van der Waals surface area contributed by atoms with Gasteiger partial charge in [0.1, 0.15) is 0 Å². The highest BCUT2D eigenvalue weighted by atomic mass is 32.2. The first-order valence-corrected chi connectivity index (χ1v) is 11.5. The number of thiazole rings is 1. The maximum absolute atomic E-state index is 12.5. The Morgan fingerprint density at radius 2 is 1.77 bits per heavy atom. The third-order valence-corrected chi connectivity index (χ3v) is 6.92. The molecule has 0 aliphatic carbocycles. The van der Waals surface area contributed by atoms with Crippen molar-refractivity contribution in [3.05, 3.63) is 83.9 Å². The number of carbonyl (C=O) groups excluding carboxylic acids is 2. The second-order valence-electron chi connectivity index (χ2n) is 7.06. The lowest BCUT2D eigenvalue weighted by atomic mass is 10.1. The zero-order chi connectivity index (χ0) is 21.8. The lowest BCUT2D eigenvalue weighted by Gasteiger charge is -2.16. The van der Waals surface area contributed by atoms with Gasteiger partial charge in [-0.3, -0.25) is 9.59 Å². The van der Waals surface area contributed by atoms with Gasteiger partial charge in [0.2, 0.25) is 5.91 Å². The number of hydrogen-bond donors (Lipinski definition) is 1. The molecule has 0 saturated heterocycles. The molecule has 0 bridgehead atoms. The maximum atomic E-state index is 12.5. The predicted octanol–water partition coefficient (Wildman–Crippen LogP) is 5.61. The van der Waals surface area contributed by atoms with Gasteiger partial charge in [-0.15, -0.1) is 11.3 Å². The number of amides is 2. The summed E-state index contributed by atoms with van der Waals surface area (Å²) in [5, 5.41) is 2.93. The molecule has 31 heavy (non-hydrogen) atoms. The molecule has 0 aliphatic heterocycles. The van der Waals surface area contributed by atoms with Gasteiger partial charge in [0.05, 0.1) is 16.0 Å². The average molecular weight is 448 g/mol. The first-order chi connectivity index (χ1) is 15.0. The molecular formula is C24H21N3O2S2. The standard InChI is InChI=1S/C24H21N3O2S2/c1-16-8-10-17(11-9-16)23(29)25-18-12-13-20-21(14-18)31-24(26-20)30-15-22(28)27(2)19-6-4-3-5-7-19/h3-14H,15H2,1-2H3,(H,25,29). The van der Waals surface area contributed by atoms with Crippen molar-refractivity contribution >= 4 is 56.5 Å². The molecule has 1 N–H and O–H groups in total. The zero-order valence-electron chi connectivity index (χ0n) is 17.2. The number of hydrogen-bond acceptors (Lipinski definition) is 5. The van der Waals surface area contributed by atoms with E-state index in [1.54, 1.807) is 11.9 Å². The van der Waals surface area contributed by atoms with Crippen LogP contribution >= 0.6 is 23.1 Å². The molecule has 0 unspecified atom stereocenters. The molecule has 0 saturated carbocycles. The minimum atomic E-state index is -0.145. The smallest absolute Gasteiger partial charge is 0.255 e. The van der Waals surface area contributed by atoms with Crippen molar-refractivity contribution in [2.45, 2.75) is 11.3 Å². The Labute approximate surface area is 189 Å². The molecule has 2 amide bonds. The quantitative estimate of drug-likeness (QED) is 0.390. The van der Waals surface area contributed by atoms with Gasteiger partial charge in [-0.2, -0.15) is 0 Å². The van der Waals surface area contributed by atoms with E-state index in [4.69, 9.17) is 0 Å². The van der Waals surface area contributed by atoms with E-state index in [1.807, 2.05) is 79.7 Å². The Balaban J connectivity index is 1.41. The van der Waals surface area contributed by atoms with Crippen molar-refractivity contribution in [3.63, 3.8) is 0 Å². The monoisotopic (exact) mass is 447 g/mol. The fourth-order valence-corrected chi connectivity index (χ4v) is 4.99. The highest BCUT2D eigenvalue weighted by Gasteiger charge is 2.14. The van der Waals surface area contributed by atoms with Crippen LogP contribution in [0, 0.1) is 6.92 Å². The Morgan fingerprint density at radius 3 is 2.52 bits per heavy atom. The lowest BCUT2D eigenvalue weighted by molar-refractivity contribution is -0.115. The summed E-state index contributed by atoms with van der Waals surface area (Å²) in [5.74, 6) is 0.178. The van der Waals surface area contributed by atoms with Gasteiger partial charge >= 0.3 is 0 Å². The number of thioether (sulfide) groups is 1. The second-order valence-corrected chi connectivity index (χ2v) is 9.31. The Hall–Kier alpha value is -3.16. The van der Waals surface area contributed by atoms with Crippen LogP contribution in [0.3, 0.4) is 0 Å². The van der Waals surface area contributed by atoms with Crippen molar-refractivity contribution in [2.24, 2.45) is 0 Å². The van der Waals surface area contributed by atoms with Gasteiger partial charge in [0, 0.05) is 24.0 Å². The molecule has 0 radical (unpaired) electrons. The van der Waals surface area contributed by atoms with Crippen molar-refractivity contribution < 1.29 is 9.59 Å². The minimum absolute atomic E-state index is 0.0153. The topological polar surface area (TPSA) is 62.3 Å². The fourth-order valence-electron chi connectivity index (χ4n) is 2.97. The summed E-state index contributed by atoms with van der Waals surface area (Å²) in [6.45, 7) is 1.99. The fraction of sp³-hybridized carbons (Fsp3) is 0.125. The van der Waals surface area contributed by atoms with Gasteiger partial charge in [-0.25, -0.2) is 4.98 Å². The summed E-state index contributed by atoms with van der Waals surface area (Å²) in [7, 11) is 1.78. The summed E-state index contributed by atoms with van der Waals surface area (Å²) in [6, 6.07) is 22.7. The molecule has 5 nitrogen and oxygen atoms in total. The number of anilines is 2. The summed E-state index contributed by atoms with van der Waals surface area (Å²) in [4.78, 5) is 31.2. The molecule has 1 aromatic heterocycles. The molecule has 1 heterocycles. The van der Waals surface area contributed by atoms with Crippen molar-refractivity contribution in [1.29, 1.82) is 0 Å². The lowest BCUT2D eigenvalue weighted by Crippen LogP contribution is -2.27. The van der Waals surface area contributed by atoms with Crippen LogP contribution < -0.4 is 10.2 Å². The van der Waals surface area contributed by atoms with Gasteiger partial charge in [0.15, 0.2) is 4.34 Å². The minimum Gasteiger partial charge on any atom is -0.322 e. The molecule has 0 spiro atoms. The van der Waals surface area contributed by atoms with Gasteiger partial charge < -0.3 is 10.2 Å². The van der Waals surface area contributed by atoms with E-state index in [2.05, 4.69) is 10.3 Å². The third-order valence-electron chi connectivity index (χ3n) is 4.78. The van der Waals surface area contributed by atoms with Crippen molar-refractivity contribution in [1.82, 2.24) is 4.98 Å². The van der Waals surface area contributed by atoms with Crippen LogP contribution in [0.4, 0.5) is 11.4 Å². The molecule has 4 rings (SSSR count). The van der Waals surface area contributed by atoms with E-state index in [9.17, 15) is 9.59 Å². The maximum Gasteiger partial charge on any atom is 0.255 e. The zero-order valence-corrected chi connectivity index (χ0v) is 18.8. The Morgan fingerprint density at radius 1 is 1.03 bits per heavy atom. The number of nitrogens with one attached hydrogen (secondary N) is 1. The van der Waals surface area contributed by atoms with E-state index in [1.165, 1.54) is 23.1 Å². The number of fused-ring (bicyclic) bond motifs is 1. The van der Waals surface area contributed by atoms with Crippen LogP contribution in [-0.2, 0) is 4.79 Å². The van der Waals surface area contributed by atoms with E-state index in [-0.39, 0.29) is 11.8 Å². The average Bonchev–Trinajstić information content (AvgIpc) is 3.20. The van der Waals surface area contributed by atoms with Crippen LogP contribution in [0.25, 0.3) is 10.2 Å². The first-order valence-electron chi connectivity index (χ1n) is 9.72. The summed E-state index contributed by atoms with van der Waals surface area (Å²) < 4.78 is 1.79. The van der Waals surface area contributed by atoms with Gasteiger partial charge in [0.25, 0.3) is 5.91 Å². The molecular weight excluding hydrogens is 426 g/mol. The number of aryl methyl sites for hydroxylation is 1. The van der Waals surface area contributed by atoms with E-state index < -0.39 is 0 Å². The predicted molar refractivity (Wildman–Crippen MR) is 129 cm³/mol. The van der Waals surface area contributed by atoms with E-state index >= 15 is 0 Å². The van der Waals surface area contributed by atoms with Crippen LogP contribution in [-0.4, -0.2) is 29.6 Å². The number of carbonyl (C=O) groups is 2. The number of rotatable bonds is 6. The first kappa shape index (κ1) is 21.1. The molecule has 7 heteroatoms. The van der Waals surface area contributed by atoms with Crippen LogP contribution in [0.5, 0.6) is 0 Å². The molecule has 4 aromatic rings. The number of benzene rings is 3. The SMILES string of the molecule is Cc1ccc(C(=O)Nc2ccc3nc(SCC(=O)N(C)c4ccccc4)sc3c2)cc1. The van der Waals surface area contributed by atoms with Gasteiger partial charge in [-0.05, 0) is 49.4 Å². The second kappa shape index (κ2) is 9.32. The van der Waals surface area contributed by atoms with E-state index in [0.717, 1.165) is 31.5 Å². The van der Waals surface area contributed by atoms with Crippen LogP contribution in [0.2, 0.25) is 0 Å². The largest absolute Gasteiger partial charge is 0.322 e. The van der Waals surface area contributed by atoms with Crippen LogP contribution in [0.1, 0.15) is 15.9 Å². The van der Waals surface area contributed by atoms with Crippen molar-refractivity contribution in [3.8, 4) is 0 Å². The summed E-state index contributed by atoms with van der Waals surface area (Å²) in [5.41, 5.74) is 4.17. The highest BCUT2D eigenvalue weighted by Crippen LogP contribution is 2.31. The number of aromatic nitrogens is 1. The normalized spacial score (nSPS) is 10.8. The molecule has 0 fully saturated rings. The Bertz CT molecular complexity index is 1220. The molecule has 3 aromatic carbocycles. The number of para-hydroxylation sites is 1. The van der Waals surface area contributed by atoms with Crippen molar-refractivity contribution in [2.75, 3.05) is 23.0 Å². The molecule has 156 valence electrons. The third kappa shape index (κ3) is 5.13. The Kier molecular flexibility index (Phi) is 6.34. The summed E-state index contributed by atoms with van der Waals surface area (Å²) in [6.07, 6.45) is 0. The summed E-state index contributed by atoms with van der Waals surface area (Å²) >= 11 is 2.94. The number of nitrogens with zero attached hydrogens (tertiary/aromatic N) is 2. The highest BCUT2D eigenvalue weighted by molar-refractivity contribution is 8.01. The molecule has 0 aliphatic rings. The molecule has 0 atom stereocenters. The van der Waals surface area contributed by atoms with E-state index in [0.29, 0.717) is 11.3 Å². The van der Waals surface area contributed by atoms with Crippen LogP contribution in [0.15, 0.2) is 77.1 Å².